The standard InChI is InChI=1S/C29H35N5O4/c1-2-3-14-34(23-6-4-11-30-18-23)27(35)20-32-19-24(21-7-8-26-22(17-21)10-16-38-26)28(29(36)37)25(32)9-15-33-13-5-12-31-33/h4-8,11-13,17-18,24-25,28H,2-3,9-10,14-16,19-20H2,1H3,(H,36,37)/t24-,25+,28?/m1/s1. The van der Waals surface area contributed by atoms with Gasteiger partial charge in [0, 0.05) is 56.6 Å². The van der Waals surface area contributed by atoms with Gasteiger partial charge < -0.3 is 14.7 Å². The van der Waals surface area contributed by atoms with Crippen LogP contribution in [-0.2, 0) is 22.6 Å². The van der Waals surface area contributed by atoms with E-state index in [-0.39, 0.29) is 24.4 Å². The van der Waals surface area contributed by atoms with E-state index in [1.54, 1.807) is 23.5 Å². The van der Waals surface area contributed by atoms with E-state index in [1.807, 2.05) is 41.2 Å². The molecule has 2 aliphatic rings. The van der Waals surface area contributed by atoms with Crippen LogP contribution in [0.25, 0.3) is 0 Å². The number of nitrogens with zero attached hydrogens (tertiary/aromatic N) is 5. The Labute approximate surface area is 223 Å². The number of carboxylic acid groups (broad SMARTS) is 1. The summed E-state index contributed by atoms with van der Waals surface area (Å²) in [4.78, 5) is 34.6. The summed E-state index contributed by atoms with van der Waals surface area (Å²) in [6, 6.07) is 11.3. The second-order valence-corrected chi connectivity index (χ2v) is 10.1. The predicted octanol–water partition coefficient (Wildman–Crippen LogP) is 3.61. The lowest BCUT2D eigenvalue weighted by Crippen LogP contribution is -2.45. The van der Waals surface area contributed by atoms with Crippen LogP contribution in [0, 0.1) is 5.92 Å². The van der Waals surface area contributed by atoms with E-state index in [9.17, 15) is 14.7 Å². The van der Waals surface area contributed by atoms with E-state index in [2.05, 4.69) is 28.0 Å². The molecule has 3 aromatic rings. The molecule has 0 spiro atoms. The number of carboxylic acids is 1. The van der Waals surface area contributed by atoms with Gasteiger partial charge in [0.05, 0.1) is 31.0 Å². The third-order valence-electron chi connectivity index (χ3n) is 7.72. The molecule has 38 heavy (non-hydrogen) atoms. The van der Waals surface area contributed by atoms with Gasteiger partial charge in [-0.05, 0) is 48.2 Å². The van der Waals surface area contributed by atoms with Gasteiger partial charge in [0.1, 0.15) is 5.75 Å². The van der Waals surface area contributed by atoms with Crippen LogP contribution in [0.4, 0.5) is 5.69 Å². The summed E-state index contributed by atoms with van der Waals surface area (Å²) in [6.07, 6.45) is 10.3. The first kappa shape index (κ1) is 25.9. The molecule has 200 valence electrons. The van der Waals surface area contributed by atoms with Crippen molar-refractivity contribution < 1.29 is 19.4 Å². The minimum Gasteiger partial charge on any atom is -0.493 e. The topological polar surface area (TPSA) is 101 Å². The first-order valence-corrected chi connectivity index (χ1v) is 13.5. The summed E-state index contributed by atoms with van der Waals surface area (Å²) in [7, 11) is 0. The molecule has 1 N–H and O–H groups in total. The van der Waals surface area contributed by atoms with Crippen LogP contribution in [0.3, 0.4) is 0 Å². The highest BCUT2D eigenvalue weighted by Gasteiger charge is 2.47. The van der Waals surface area contributed by atoms with Gasteiger partial charge in [0.25, 0.3) is 0 Å². The van der Waals surface area contributed by atoms with Crippen LogP contribution in [0.1, 0.15) is 43.2 Å². The maximum absolute atomic E-state index is 13.7. The van der Waals surface area contributed by atoms with Gasteiger partial charge in [-0.2, -0.15) is 5.10 Å². The number of likely N-dealkylation sites (tertiary alicyclic amines) is 1. The van der Waals surface area contributed by atoms with Crippen molar-refractivity contribution in [1.29, 1.82) is 0 Å². The van der Waals surface area contributed by atoms with Crippen LogP contribution in [0.5, 0.6) is 5.75 Å². The number of hydrogen-bond acceptors (Lipinski definition) is 6. The Morgan fingerprint density at radius 1 is 1.21 bits per heavy atom. The third kappa shape index (κ3) is 5.57. The summed E-state index contributed by atoms with van der Waals surface area (Å²) in [6.45, 7) is 4.59. The van der Waals surface area contributed by atoms with Crippen molar-refractivity contribution in [2.45, 2.75) is 51.1 Å². The number of amides is 1. The molecule has 4 heterocycles. The van der Waals surface area contributed by atoms with E-state index in [4.69, 9.17) is 4.74 Å². The van der Waals surface area contributed by atoms with Gasteiger partial charge in [-0.25, -0.2) is 0 Å². The number of carbonyl (C=O) groups excluding carboxylic acids is 1. The fraction of sp³-hybridized carbons (Fsp3) is 0.448. The third-order valence-corrected chi connectivity index (χ3v) is 7.72. The normalized spacial score (nSPS) is 20.7. The number of aliphatic carboxylic acids is 1. The Balaban J connectivity index is 1.43. The Kier molecular flexibility index (Phi) is 8.03. The van der Waals surface area contributed by atoms with Crippen molar-refractivity contribution in [2.24, 2.45) is 5.92 Å². The number of unbranched alkanes of at least 4 members (excludes halogenated alkanes) is 1. The lowest BCUT2D eigenvalue weighted by atomic mass is 9.83. The fourth-order valence-electron chi connectivity index (χ4n) is 5.81. The molecule has 0 saturated carbocycles. The average Bonchev–Trinajstić information content (AvgIpc) is 3.68. The number of pyridine rings is 1. The molecule has 1 unspecified atom stereocenters. The molecule has 9 nitrogen and oxygen atoms in total. The Hall–Kier alpha value is -3.72. The maximum atomic E-state index is 13.7. The highest BCUT2D eigenvalue weighted by atomic mass is 16.5. The molecule has 2 aliphatic heterocycles. The summed E-state index contributed by atoms with van der Waals surface area (Å²) in [5.74, 6) is -0.855. The second-order valence-electron chi connectivity index (χ2n) is 10.1. The number of hydrogen-bond donors (Lipinski definition) is 1. The molecule has 9 heteroatoms. The number of aromatic nitrogens is 3. The van der Waals surface area contributed by atoms with Gasteiger partial charge in [-0.15, -0.1) is 0 Å². The Morgan fingerprint density at radius 3 is 2.84 bits per heavy atom. The molecular formula is C29H35N5O4. The van der Waals surface area contributed by atoms with E-state index in [0.717, 1.165) is 41.8 Å². The van der Waals surface area contributed by atoms with Gasteiger partial charge >= 0.3 is 5.97 Å². The Bertz CT molecular complexity index is 1230. The number of carbonyl (C=O) groups is 2. The zero-order valence-corrected chi connectivity index (χ0v) is 21.8. The molecule has 1 fully saturated rings. The lowest BCUT2D eigenvalue weighted by Gasteiger charge is -2.29. The first-order chi connectivity index (χ1) is 18.5. The Morgan fingerprint density at radius 2 is 2.11 bits per heavy atom. The number of benzene rings is 1. The van der Waals surface area contributed by atoms with Crippen molar-refractivity contribution in [2.75, 3.05) is 31.1 Å². The predicted molar refractivity (Wildman–Crippen MR) is 143 cm³/mol. The monoisotopic (exact) mass is 517 g/mol. The van der Waals surface area contributed by atoms with Crippen LogP contribution >= 0.6 is 0 Å². The van der Waals surface area contributed by atoms with Crippen molar-refractivity contribution in [1.82, 2.24) is 19.7 Å². The van der Waals surface area contributed by atoms with Crippen LogP contribution in [-0.4, -0.2) is 68.9 Å². The van der Waals surface area contributed by atoms with Crippen LogP contribution in [0.15, 0.2) is 61.2 Å². The summed E-state index contributed by atoms with van der Waals surface area (Å²) in [5, 5.41) is 14.7. The van der Waals surface area contributed by atoms with Gasteiger partial charge in [-0.1, -0.05) is 25.5 Å². The summed E-state index contributed by atoms with van der Waals surface area (Å²) >= 11 is 0. The smallest absolute Gasteiger partial charge is 0.308 e. The molecule has 1 amide bonds. The van der Waals surface area contributed by atoms with Crippen molar-refractivity contribution >= 4 is 17.6 Å². The number of rotatable bonds is 11. The average molecular weight is 518 g/mol. The SMILES string of the molecule is CCCCN(C(=O)CN1C[C@H](c2ccc3c(c2)CCO3)C(C(=O)O)[C@@H]1CCn1cccn1)c1cccnc1. The zero-order valence-electron chi connectivity index (χ0n) is 21.8. The molecule has 1 aromatic carbocycles. The largest absolute Gasteiger partial charge is 0.493 e. The quantitative estimate of drug-likeness (QED) is 0.415. The molecule has 3 atom stereocenters. The van der Waals surface area contributed by atoms with Crippen LogP contribution in [0.2, 0.25) is 0 Å². The lowest BCUT2D eigenvalue weighted by molar-refractivity contribution is -0.143. The molecule has 0 radical (unpaired) electrons. The molecule has 2 aromatic heterocycles. The van der Waals surface area contributed by atoms with E-state index >= 15 is 0 Å². The zero-order chi connectivity index (χ0) is 26.5. The van der Waals surface area contributed by atoms with Gasteiger partial charge in [-0.3, -0.25) is 24.2 Å². The molecular weight excluding hydrogens is 482 g/mol. The highest BCUT2D eigenvalue weighted by Crippen LogP contribution is 2.41. The summed E-state index contributed by atoms with van der Waals surface area (Å²) < 4.78 is 7.50. The molecule has 5 rings (SSSR count). The molecule has 0 aliphatic carbocycles. The number of aryl methyl sites for hydroxylation is 1. The van der Waals surface area contributed by atoms with E-state index in [0.29, 0.717) is 32.7 Å². The van der Waals surface area contributed by atoms with Crippen LogP contribution < -0.4 is 9.64 Å². The van der Waals surface area contributed by atoms with Crippen molar-refractivity contribution in [3.63, 3.8) is 0 Å². The second kappa shape index (κ2) is 11.8. The minimum absolute atomic E-state index is 0.0392. The van der Waals surface area contributed by atoms with Gasteiger partial charge in [0.15, 0.2) is 0 Å². The van der Waals surface area contributed by atoms with E-state index in [1.165, 1.54) is 0 Å². The number of anilines is 1. The number of fused-ring (bicyclic) bond motifs is 1. The van der Waals surface area contributed by atoms with Crippen molar-refractivity contribution in [3.8, 4) is 5.75 Å². The van der Waals surface area contributed by atoms with Crippen molar-refractivity contribution in [3.05, 3.63) is 72.3 Å². The molecule has 0 bridgehead atoms. The fourth-order valence-corrected chi connectivity index (χ4v) is 5.81. The minimum atomic E-state index is -0.831. The van der Waals surface area contributed by atoms with Gasteiger partial charge in [0.2, 0.25) is 5.91 Å². The highest BCUT2D eigenvalue weighted by molar-refractivity contribution is 5.94. The summed E-state index contributed by atoms with van der Waals surface area (Å²) in [5.41, 5.74) is 2.88. The number of ether oxygens (including phenoxy) is 1. The molecule has 1 saturated heterocycles. The maximum Gasteiger partial charge on any atom is 0.308 e. The van der Waals surface area contributed by atoms with E-state index < -0.39 is 11.9 Å². The first-order valence-electron chi connectivity index (χ1n) is 13.5.